The summed E-state index contributed by atoms with van der Waals surface area (Å²) in [7, 11) is 1.50. The van der Waals surface area contributed by atoms with Crippen LogP contribution in [0.4, 0.5) is 4.39 Å². The van der Waals surface area contributed by atoms with Crippen molar-refractivity contribution in [3.63, 3.8) is 0 Å². The molecule has 0 N–H and O–H groups in total. The molecule has 1 atom stereocenters. The maximum absolute atomic E-state index is 14.1. The molecule has 112 valence electrons. The fraction of sp³-hybridized carbons (Fsp3) is 0.250. The van der Waals surface area contributed by atoms with E-state index in [1.54, 1.807) is 12.1 Å². The number of benzene rings is 2. The van der Waals surface area contributed by atoms with Crippen molar-refractivity contribution >= 4 is 27.5 Å². The lowest BCUT2D eigenvalue weighted by atomic mass is 10.0. The van der Waals surface area contributed by atoms with Gasteiger partial charge in [-0.25, -0.2) is 4.39 Å². The molecule has 5 heteroatoms. The molecule has 0 aliphatic heterocycles. The number of hydrogen-bond acceptors (Lipinski definition) is 2. The molecule has 2 rings (SSSR count). The highest BCUT2D eigenvalue weighted by Gasteiger charge is 2.18. The molecule has 0 amide bonds. The lowest BCUT2D eigenvalue weighted by Crippen LogP contribution is -2.00. The Balaban J connectivity index is 2.33. The van der Waals surface area contributed by atoms with Crippen molar-refractivity contribution < 1.29 is 13.9 Å². The van der Waals surface area contributed by atoms with Gasteiger partial charge in [-0.2, -0.15) is 0 Å². The quantitative estimate of drug-likeness (QED) is 0.660. The fourth-order valence-electron chi connectivity index (χ4n) is 1.98. The van der Waals surface area contributed by atoms with E-state index in [0.29, 0.717) is 17.9 Å². The van der Waals surface area contributed by atoms with Gasteiger partial charge >= 0.3 is 0 Å². The molecule has 0 saturated heterocycles. The Labute approximate surface area is 137 Å². The van der Waals surface area contributed by atoms with E-state index in [1.807, 2.05) is 25.1 Å². The van der Waals surface area contributed by atoms with Crippen LogP contribution in [-0.4, -0.2) is 13.7 Å². The monoisotopic (exact) mass is 372 g/mol. The summed E-state index contributed by atoms with van der Waals surface area (Å²) in [5, 5.41) is -0.596. The van der Waals surface area contributed by atoms with Crippen LogP contribution in [0.1, 0.15) is 23.4 Å². The lowest BCUT2D eigenvalue weighted by molar-refractivity contribution is 0.340. The average Bonchev–Trinajstić information content (AvgIpc) is 2.47. The summed E-state index contributed by atoms with van der Waals surface area (Å²) in [6.45, 7) is 2.50. The first kappa shape index (κ1) is 16.1. The Morgan fingerprint density at radius 2 is 1.81 bits per heavy atom. The zero-order valence-electron chi connectivity index (χ0n) is 11.7. The van der Waals surface area contributed by atoms with E-state index >= 15 is 0 Å². The van der Waals surface area contributed by atoms with Gasteiger partial charge in [0.15, 0.2) is 0 Å². The average molecular weight is 374 g/mol. The molecule has 2 aromatic rings. The highest BCUT2D eigenvalue weighted by atomic mass is 79.9. The summed E-state index contributed by atoms with van der Waals surface area (Å²) in [5.74, 6) is 0.813. The standard InChI is InChI=1S/C16H15BrClFO2/c1-3-21-11-5-6-12(14(17)8-11)16(18)13-7-4-10(20-2)9-15(13)19/h4-9,16H,3H2,1-2H3. The number of rotatable bonds is 5. The van der Waals surface area contributed by atoms with E-state index in [4.69, 9.17) is 21.1 Å². The first-order valence-corrected chi connectivity index (χ1v) is 7.69. The van der Waals surface area contributed by atoms with Crippen LogP contribution in [0, 0.1) is 5.82 Å². The summed E-state index contributed by atoms with van der Waals surface area (Å²) in [5.41, 5.74) is 1.19. The van der Waals surface area contributed by atoms with Crippen LogP contribution < -0.4 is 9.47 Å². The first-order valence-electron chi connectivity index (χ1n) is 6.46. The van der Waals surface area contributed by atoms with Crippen LogP contribution in [0.3, 0.4) is 0 Å². The second kappa shape index (κ2) is 7.14. The lowest BCUT2D eigenvalue weighted by Gasteiger charge is -2.15. The van der Waals surface area contributed by atoms with Crippen molar-refractivity contribution in [3.8, 4) is 11.5 Å². The third kappa shape index (κ3) is 3.69. The minimum Gasteiger partial charge on any atom is -0.497 e. The van der Waals surface area contributed by atoms with E-state index in [-0.39, 0.29) is 0 Å². The van der Waals surface area contributed by atoms with Crippen molar-refractivity contribution in [2.24, 2.45) is 0 Å². The minimum absolute atomic E-state index is 0.393. The fourth-order valence-corrected chi connectivity index (χ4v) is 3.06. The van der Waals surface area contributed by atoms with Crippen molar-refractivity contribution in [2.75, 3.05) is 13.7 Å². The summed E-state index contributed by atoms with van der Waals surface area (Å²) in [4.78, 5) is 0. The molecule has 0 spiro atoms. The molecule has 0 bridgehead atoms. The molecule has 2 aromatic carbocycles. The maximum Gasteiger partial charge on any atom is 0.131 e. The Morgan fingerprint density at radius 1 is 1.14 bits per heavy atom. The predicted molar refractivity (Wildman–Crippen MR) is 86.0 cm³/mol. The Morgan fingerprint density at radius 3 is 2.38 bits per heavy atom. The summed E-state index contributed by atoms with van der Waals surface area (Å²) >= 11 is 9.87. The van der Waals surface area contributed by atoms with E-state index in [1.165, 1.54) is 13.2 Å². The predicted octanol–water partition coefficient (Wildman–Crippen LogP) is 5.32. The molecule has 1 unspecified atom stereocenters. The second-order valence-corrected chi connectivity index (χ2v) is 5.66. The summed E-state index contributed by atoms with van der Waals surface area (Å²) in [6, 6.07) is 10.1. The van der Waals surface area contributed by atoms with Crippen LogP contribution in [0.15, 0.2) is 40.9 Å². The van der Waals surface area contributed by atoms with Crippen LogP contribution in [0.25, 0.3) is 0 Å². The molecule has 0 fully saturated rings. The van der Waals surface area contributed by atoms with Crippen LogP contribution >= 0.6 is 27.5 Å². The van der Waals surface area contributed by atoms with Gasteiger partial charge < -0.3 is 9.47 Å². The molecule has 0 aromatic heterocycles. The SMILES string of the molecule is CCOc1ccc(C(Cl)c2ccc(OC)cc2F)c(Br)c1. The number of halogens is 3. The van der Waals surface area contributed by atoms with Gasteiger partial charge in [0.1, 0.15) is 17.3 Å². The van der Waals surface area contributed by atoms with E-state index in [0.717, 1.165) is 15.8 Å². The molecule has 2 nitrogen and oxygen atoms in total. The Hall–Kier alpha value is -1.26. The number of alkyl halides is 1. The van der Waals surface area contributed by atoms with Crippen LogP contribution in [0.5, 0.6) is 11.5 Å². The maximum atomic E-state index is 14.1. The summed E-state index contributed by atoms with van der Waals surface area (Å²) < 4.78 is 25.3. The van der Waals surface area contributed by atoms with Gasteiger partial charge in [0.2, 0.25) is 0 Å². The molecular formula is C16H15BrClFO2. The van der Waals surface area contributed by atoms with Gasteiger partial charge in [-0.05, 0) is 30.7 Å². The number of methoxy groups -OCH3 is 1. The smallest absolute Gasteiger partial charge is 0.131 e. The van der Waals surface area contributed by atoms with Gasteiger partial charge in [-0.3, -0.25) is 0 Å². The van der Waals surface area contributed by atoms with Crippen LogP contribution in [-0.2, 0) is 0 Å². The normalized spacial score (nSPS) is 12.0. The number of hydrogen-bond donors (Lipinski definition) is 0. The summed E-state index contributed by atoms with van der Waals surface area (Å²) in [6.07, 6.45) is 0. The largest absolute Gasteiger partial charge is 0.497 e. The van der Waals surface area contributed by atoms with Gasteiger partial charge in [-0.15, -0.1) is 11.6 Å². The topological polar surface area (TPSA) is 18.5 Å². The van der Waals surface area contributed by atoms with Gasteiger partial charge in [0, 0.05) is 16.1 Å². The van der Waals surface area contributed by atoms with E-state index < -0.39 is 11.2 Å². The third-order valence-corrected chi connectivity index (χ3v) is 4.19. The highest BCUT2D eigenvalue weighted by molar-refractivity contribution is 9.10. The molecule has 0 aliphatic carbocycles. The minimum atomic E-state index is -0.596. The zero-order chi connectivity index (χ0) is 15.4. The molecule has 0 aliphatic rings. The zero-order valence-corrected chi connectivity index (χ0v) is 14.0. The third-order valence-electron chi connectivity index (χ3n) is 3.04. The van der Waals surface area contributed by atoms with Gasteiger partial charge in [0.05, 0.1) is 19.1 Å². The van der Waals surface area contributed by atoms with Crippen molar-refractivity contribution in [3.05, 3.63) is 57.8 Å². The Bertz CT molecular complexity index is 634. The molecule has 21 heavy (non-hydrogen) atoms. The molecule has 0 radical (unpaired) electrons. The molecular weight excluding hydrogens is 359 g/mol. The molecule has 0 saturated carbocycles. The van der Waals surface area contributed by atoms with E-state index in [9.17, 15) is 4.39 Å². The molecule has 0 heterocycles. The highest BCUT2D eigenvalue weighted by Crippen LogP contribution is 2.37. The number of ether oxygens (including phenoxy) is 2. The van der Waals surface area contributed by atoms with Crippen molar-refractivity contribution in [1.82, 2.24) is 0 Å². The first-order chi connectivity index (χ1) is 10.1. The second-order valence-electron chi connectivity index (χ2n) is 4.37. The van der Waals surface area contributed by atoms with Crippen molar-refractivity contribution in [1.29, 1.82) is 0 Å². The Kier molecular flexibility index (Phi) is 5.48. The van der Waals surface area contributed by atoms with E-state index in [2.05, 4.69) is 15.9 Å². The van der Waals surface area contributed by atoms with Crippen molar-refractivity contribution in [2.45, 2.75) is 12.3 Å². The van der Waals surface area contributed by atoms with Crippen LogP contribution in [0.2, 0.25) is 0 Å². The van der Waals surface area contributed by atoms with Gasteiger partial charge in [0.25, 0.3) is 0 Å². The van der Waals surface area contributed by atoms with Gasteiger partial charge in [-0.1, -0.05) is 28.1 Å².